The van der Waals surface area contributed by atoms with Crippen molar-refractivity contribution in [1.82, 2.24) is 20.2 Å². The molecule has 3 aromatic rings. The van der Waals surface area contributed by atoms with Crippen molar-refractivity contribution >= 4 is 0 Å². The first-order valence-electron chi connectivity index (χ1n) is 6.86. The molecule has 0 aliphatic rings. The van der Waals surface area contributed by atoms with Crippen molar-refractivity contribution in [3.63, 3.8) is 0 Å². The van der Waals surface area contributed by atoms with Gasteiger partial charge < -0.3 is 9.47 Å². The molecule has 6 heteroatoms. The van der Waals surface area contributed by atoms with Crippen molar-refractivity contribution in [2.45, 2.75) is 13.5 Å². The van der Waals surface area contributed by atoms with Gasteiger partial charge in [-0.2, -0.15) is 0 Å². The highest BCUT2D eigenvalue weighted by atomic mass is 16.5. The van der Waals surface area contributed by atoms with Crippen LogP contribution >= 0.6 is 0 Å². The maximum atomic E-state index is 5.60. The van der Waals surface area contributed by atoms with Gasteiger partial charge in [-0.3, -0.25) is 5.10 Å². The summed E-state index contributed by atoms with van der Waals surface area (Å²) < 4.78 is 10.9. The average Bonchev–Trinajstić information content (AvgIpc) is 2.98. The fraction of sp³-hybridized carbons (Fsp3) is 0.188. The number of ether oxygens (including phenoxy) is 2. The molecule has 0 aliphatic heterocycles. The first-order chi connectivity index (χ1) is 10.8. The molecule has 0 radical (unpaired) electrons. The molecule has 0 bridgehead atoms. The molecular weight excluding hydrogens is 280 g/mol. The second-order valence-corrected chi connectivity index (χ2v) is 4.75. The molecule has 0 saturated heterocycles. The Labute approximate surface area is 128 Å². The minimum absolute atomic E-state index is 0.328. The van der Waals surface area contributed by atoms with Gasteiger partial charge in [0.25, 0.3) is 0 Å². The van der Waals surface area contributed by atoms with Crippen molar-refractivity contribution in [1.29, 1.82) is 0 Å². The molecule has 6 nitrogen and oxygen atoms in total. The van der Waals surface area contributed by atoms with E-state index in [9.17, 15) is 0 Å². The first kappa shape index (κ1) is 14.1. The zero-order chi connectivity index (χ0) is 15.4. The summed E-state index contributed by atoms with van der Waals surface area (Å²) >= 11 is 0. The molecule has 0 unspecified atom stereocenters. The maximum Gasteiger partial charge on any atom is 0.233 e. The number of H-pyrrole nitrogens is 1. The number of hydrogen-bond donors (Lipinski definition) is 1. The number of rotatable bonds is 5. The molecule has 22 heavy (non-hydrogen) atoms. The number of aromatic amines is 1. The fourth-order valence-electron chi connectivity index (χ4n) is 2.05. The maximum absolute atomic E-state index is 5.60. The zero-order valence-electron chi connectivity index (χ0n) is 12.4. The Morgan fingerprint density at radius 2 is 2.05 bits per heavy atom. The Kier molecular flexibility index (Phi) is 4.00. The van der Waals surface area contributed by atoms with Crippen molar-refractivity contribution in [3.8, 4) is 23.0 Å². The van der Waals surface area contributed by atoms with E-state index in [1.165, 1.54) is 0 Å². The van der Waals surface area contributed by atoms with Gasteiger partial charge in [-0.05, 0) is 25.1 Å². The standard InChI is InChI=1S/C16H16N4O2/c1-11-9-15(20-19-11)22-10-12-7-8-17-16(18-12)13-5-3-4-6-14(13)21-2/h3-9H,10H2,1-2H3,(H,19,20). The van der Waals surface area contributed by atoms with Gasteiger partial charge in [0, 0.05) is 18.0 Å². The van der Waals surface area contributed by atoms with E-state index in [2.05, 4.69) is 20.2 Å². The number of nitrogens with one attached hydrogen (secondary N) is 1. The molecular formula is C16H16N4O2. The lowest BCUT2D eigenvalue weighted by atomic mass is 10.2. The second kappa shape index (κ2) is 6.26. The van der Waals surface area contributed by atoms with Gasteiger partial charge in [0.15, 0.2) is 5.82 Å². The lowest BCUT2D eigenvalue weighted by molar-refractivity contribution is 0.288. The van der Waals surface area contributed by atoms with Gasteiger partial charge in [-0.25, -0.2) is 9.97 Å². The smallest absolute Gasteiger partial charge is 0.233 e. The number of methoxy groups -OCH3 is 1. The summed E-state index contributed by atoms with van der Waals surface area (Å²) in [7, 11) is 1.63. The van der Waals surface area contributed by atoms with Gasteiger partial charge in [-0.1, -0.05) is 12.1 Å². The quantitative estimate of drug-likeness (QED) is 0.783. The van der Waals surface area contributed by atoms with Crippen LogP contribution in [0.1, 0.15) is 11.4 Å². The topological polar surface area (TPSA) is 72.9 Å². The minimum Gasteiger partial charge on any atom is -0.496 e. The van der Waals surface area contributed by atoms with E-state index in [1.807, 2.05) is 43.3 Å². The summed E-state index contributed by atoms with van der Waals surface area (Å²) in [5, 5.41) is 6.86. The van der Waals surface area contributed by atoms with Crippen molar-refractivity contribution < 1.29 is 9.47 Å². The predicted molar refractivity (Wildman–Crippen MR) is 81.7 cm³/mol. The third-order valence-corrected chi connectivity index (χ3v) is 3.11. The molecule has 1 aromatic carbocycles. The minimum atomic E-state index is 0.328. The summed E-state index contributed by atoms with van der Waals surface area (Å²) in [6, 6.07) is 11.3. The SMILES string of the molecule is COc1ccccc1-c1nccc(COc2cc(C)[nH]n2)n1. The monoisotopic (exact) mass is 296 g/mol. The average molecular weight is 296 g/mol. The van der Waals surface area contributed by atoms with Gasteiger partial charge in [0.2, 0.25) is 5.88 Å². The highest BCUT2D eigenvalue weighted by Gasteiger charge is 2.09. The van der Waals surface area contributed by atoms with Gasteiger partial charge in [0.05, 0.1) is 18.4 Å². The lowest BCUT2D eigenvalue weighted by Gasteiger charge is -2.08. The Bertz CT molecular complexity index is 770. The van der Waals surface area contributed by atoms with Crippen molar-refractivity contribution in [2.24, 2.45) is 0 Å². The van der Waals surface area contributed by atoms with E-state index >= 15 is 0 Å². The number of benzene rings is 1. The molecule has 0 saturated carbocycles. The van der Waals surface area contributed by atoms with E-state index in [0.29, 0.717) is 18.3 Å². The highest BCUT2D eigenvalue weighted by molar-refractivity contribution is 5.63. The van der Waals surface area contributed by atoms with Crippen LogP contribution in [0.25, 0.3) is 11.4 Å². The molecule has 112 valence electrons. The molecule has 0 amide bonds. The molecule has 0 atom stereocenters. The van der Waals surface area contributed by atoms with E-state index in [0.717, 1.165) is 22.7 Å². The summed E-state index contributed by atoms with van der Waals surface area (Å²) in [6.07, 6.45) is 1.71. The summed E-state index contributed by atoms with van der Waals surface area (Å²) in [4.78, 5) is 8.83. The van der Waals surface area contributed by atoms with Crippen LogP contribution in [-0.4, -0.2) is 27.3 Å². The highest BCUT2D eigenvalue weighted by Crippen LogP contribution is 2.26. The Balaban J connectivity index is 1.80. The first-order valence-corrected chi connectivity index (χ1v) is 6.86. The number of aryl methyl sites for hydroxylation is 1. The summed E-state index contributed by atoms with van der Waals surface area (Å²) in [6.45, 7) is 2.25. The molecule has 2 heterocycles. The molecule has 3 rings (SSSR count). The van der Waals surface area contributed by atoms with Crippen LogP contribution < -0.4 is 9.47 Å². The van der Waals surface area contributed by atoms with Crippen LogP contribution in [0, 0.1) is 6.92 Å². The van der Waals surface area contributed by atoms with Crippen molar-refractivity contribution in [2.75, 3.05) is 7.11 Å². The van der Waals surface area contributed by atoms with Crippen LogP contribution in [0.3, 0.4) is 0 Å². The van der Waals surface area contributed by atoms with Crippen LogP contribution in [0.15, 0.2) is 42.6 Å². The van der Waals surface area contributed by atoms with Crippen molar-refractivity contribution in [3.05, 3.63) is 54.0 Å². The third-order valence-electron chi connectivity index (χ3n) is 3.11. The van der Waals surface area contributed by atoms with Crippen LogP contribution in [0.5, 0.6) is 11.6 Å². The third kappa shape index (κ3) is 3.06. The van der Waals surface area contributed by atoms with Gasteiger partial charge in [0.1, 0.15) is 12.4 Å². The van der Waals surface area contributed by atoms with Crippen LogP contribution in [0.2, 0.25) is 0 Å². The Morgan fingerprint density at radius 1 is 1.18 bits per heavy atom. The zero-order valence-corrected chi connectivity index (χ0v) is 12.4. The molecule has 1 N–H and O–H groups in total. The Morgan fingerprint density at radius 3 is 2.82 bits per heavy atom. The number of nitrogens with zero attached hydrogens (tertiary/aromatic N) is 3. The van der Waals surface area contributed by atoms with E-state index < -0.39 is 0 Å². The number of aromatic nitrogens is 4. The molecule has 0 fully saturated rings. The number of para-hydroxylation sites is 1. The van der Waals surface area contributed by atoms with Crippen LogP contribution in [-0.2, 0) is 6.61 Å². The van der Waals surface area contributed by atoms with E-state index in [4.69, 9.17) is 9.47 Å². The summed E-state index contributed by atoms with van der Waals surface area (Å²) in [5.74, 6) is 1.90. The molecule has 0 spiro atoms. The fourth-order valence-corrected chi connectivity index (χ4v) is 2.05. The largest absolute Gasteiger partial charge is 0.496 e. The van der Waals surface area contributed by atoms with E-state index in [1.54, 1.807) is 13.3 Å². The number of hydrogen-bond acceptors (Lipinski definition) is 5. The summed E-state index contributed by atoms with van der Waals surface area (Å²) in [5.41, 5.74) is 2.58. The normalized spacial score (nSPS) is 10.5. The van der Waals surface area contributed by atoms with Gasteiger partial charge in [-0.15, -0.1) is 5.10 Å². The molecule has 0 aliphatic carbocycles. The van der Waals surface area contributed by atoms with E-state index in [-0.39, 0.29) is 0 Å². The molecule has 2 aromatic heterocycles. The lowest BCUT2D eigenvalue weighted by Crippen LogP contribution is -2.01. The van der Waals surface area contributed by atoms with Crippen LogP contribution in [0.4, 0.5) is 0 Å². The predicted octanol–water partition coefficient (Wildman–Crippen LogP) is 2.76. The van der Waals surface area contributed by atoms with Gasteiger partial charge >= 0.3 is 0 Å². The Hall–Kier alpha value is -2.89. The second-order valence-electron chi connectivity index (χ2n) is 4.75.